The molecule has 3 nitrogen and oxygen atoms in total. The molecular weight excluding hydrogens is 219 g/mol. The van der Waals surface area contributed by atoms with Crippen LogP contribution in [0.1, 0.15) is 5.56 Å². The van der Waals surface area contributed by atoms with Gasteiger partial charge in [-0.15, -0.1) is 0 Å². The Labute approximate surface area is 88.8 Å². The summed E-state index contributed by atoms with van der Waals surface area (Å²) >= 11 is 0. The van der Waals surface area contributed by atoms with Crippen LogP contribution in [0.2, 0.25) is 0 Å². The average molecular weight is 232 g/mol. The Kier molecular flexibility index (Phi) is 3.68. The minimum Gasteiger partial charge on any atom is -0.492 e. The molecule has 15 heavy (non-hydrogen) atoms. The molecule has 1 aromatic carbocycles. The molecule has 0 unspecified atom stereocenters. The summed E-state index contributed by atoms with van der Waals surface area (Å²) in [4.78, 5) is 0. The molecule has 84 valence electrons. The minimum atomic E-state index is -3.01. The summed E-state index contributed by atoms with van der Waals surface area (Å²) in [6.07, 6.45) is 1.15. The van der Waals surface area contributed by atoms with Crippen molar-refractivity contribution >= 4 is 9.84 Å². The third-order valence-electron chi connectivity index (χ3n) is 1.85. The molecule has 5 heteroatoms. The first-order chi connectivity index (χ1) is 6.88. The lowest BCUT2D eigenvalue weighted by atomic mass is 10.2. The van der Waals surface area contributed by atoms with Crippen LogP contribution in [-0.4, -0.2) is 27.0 Å². The quantitative estimate of drug-likeness (QED) is 0.791. The van der Waals surface area contributed by atoms with E-state index in [1.165, 1.54) is 18.2 Å². The van der Waals surface area contributed by atoms with Crippen LogP contribution < -0.4 is 4.74 Å². The van der Waals surface area contributed by atoms with Gasteiger partial charge in [0.2, 0.25) is 0 Å². The summed E-state index contributed by atoms with van der Waals surface area (Å²) in [6.45, 7) is 1.80. The maximum Gasteiger partial charge on any atom is 0.150 e. The third-order valence-corrected chi connectivity index (χ3v) is 2.76. The molecule has 0 aliphatic rings. The van der Waals surface area contributed by atoms with E-state index in [0.717, 1.165) is 6.26 Å². The number of hydrogen-bond donors (Lipinski definition) is 0. The van der Waals surface area contributed by atoms with E-state index in [9.17, 15) is 12.8 Å². The molecule has 0 aromatic heterocycles. The first kappa shape index (κ1) is 12.0. The van der Waals surface area contributed by atoms with Gasteiger partial charge in [0.05, 0.1) is 5.75 Å². The first-order valence-electron chi connectivity index (χ1n) is 4.45. The number of aryl methyl sites for hydroxylation is 1. The van der Waals surface area contributed by atoms with E-state index in [0.29, 0.717) is 11.3 Å². The predicted octanol–water partition coefficient (Wildman–Crippen LogP) is 1.56. The van der Waals surface area contributed by atoms with E-state index in [-0.39, 0.29) is 18.2 Å². The van der Waals surface area contributed by atoms with Crippen LogP contribution in [0.5, 0.6) is 5.75 Å². The molecule has 1 rings (SSSR count). The number of ether oxygens (including phenoxy) is 1. The number of halogens is 1. The lowest BCUT2D eigenvalue weighted by molar-refractivity contribution is 0.338. The lowest BCUT2D eigenvalue weighted by Crippen LogP contribution is -2.12. The molecule has 0 aliphatic heterocycles. The van der Waals surface area contributed by atoms with Gasteiger partial charge >= 0.3 is 0 Å². The maximum absolute atomic E-state index is 12.7. The molecule has 0 fully saturated rings. The van der Waals surface area contributed by atoms with Crippen molar-refractivity contribution in [3.8, 4) is 5.75 Å². The number of hydrogen-bond acceptors (Lipinski definition) is 3. The van der Waals surface area contributed by atoms with Crippen molar-refractivity contribution in [1.82, 2.24) is 0 Å². The highest BCUT2D eigenvalue weighted by Gasteiger charge is 2.04. The molecule has 0 amide bonds. The van der Waals surface area contributed by atoms with Crippen LogP contribution in [0.15, 0.2) is 18.2 Å². The smallest absolute Gasteiger partial charge is 0.150 e. The summed E-state index contributed by atoms with van der Waals surface area (Å²) in [5.74, 6) is 0.145. The van der Waals surface area contributed by atoms with Crippen LogP contribution in [0.4, 0.5) is 4.39 Å². The average Bonchev–Trinajstić information content (AvgIpc) is 2.07. The second-order valence-corrected chi connectivity index (χ2v) is 5.65. The van der Waals surface area contributed by atoms with Gasteiger partial charge in [0.1, 0.15) is 18.2 Å². The Balaban J connectivity index is 2.59. The van der Waals surface area contributed by atoms with E-state index in [4.69, 9.17) is 4.74 Å². The van der Waals surface area contributed by atoms with Gasteiger partial charge in [-0.1, -0.05) is 0 Å². The molecule has 0 atom stereocenters. The zero-order valence-corrected chi connectivity index (χ0v) is 9.47. The van der Waals surface area contributed by atoms with Crippen molar-refractivity contribution in [2.45, 2.75) is 6.92 Å². The molecule has 1 aromatic rings. The van der Waals surface area contributed by atoms with Crippen LogP contribution >= 0.6 is 0 Å². The van der Waals surface area contributed by atoms with Gasteiger partial charge < -0.3 is 4.74 Å². The topological polar surface area (TPSA) is 43.4 Å². The van der Waals surface area contributed by atoms with Gasteiger partial charge in [0.25, 0.3) is 0 Å². The largest absolute Gasteiger partial charge is 0.492 e. The third kappa shape index (κ3) is 4.29. The Hall–Kier alpha value is -1.10. The number of sulfone groups is 1. The van der Waals surface area contributed by atoms with Gasteiger partial charge in [-0.25, -0.2) is 12.8 Å². The van der Waals surface area contributed by atoms with E-state index < -0.39 is 9.84 Å². The van der Waals surface area contributed by atoms with Crippen LogP contribution in [0.25, 0.3) is 0 Å². The van der Waals surface area contributed by atoms with Crippen LogP contribution in [0, 0.1) is 12.7 Å². The number of rotatable bonds is 4. The molecule has 0 N–H and O–H groups in total. The molecular formula is C10H13FO3S. The summed E-state index contributed by atoms with van der Waals surface area (Å²) in [5, 5.41) is 0. The molecule has 0 saturated heterocycles. The number of benzene rings is 1. The molecule has 0 radical (unpaired) electrons. The molecule has 0 spiro atoms. The molecule has 0 bridgehead atoms. The van der Waals surface area contributed by atoms with Crippen molar-refractivity contribution in [3.05, 3.63) is 29.6 Å². The fourth-order valence-electron chi connectivity index (χ4n) is 1.08. The Morgan fingerprint density at radius 2 is 2.07 bits per heavy atom. The lowest BCUT2D eigenvalue weighted by Gasteiger charge is -2.07. The highest BCUT2D eigenvalue weighted by atomic mass is 32.2. The van der Waals surface area contributed by atoms with E-state index in [1.54, 1.807) is 6.92 Å². The predicted molar refractivity (Wildman–Crippen MR) is 56.3 cm³/mol. The standard InChI is InChI=1S/C10H13FO3S/c1-8-7-9(11)3-4-10(8)14-5-6-15(2,12)13/h3-4,7H,5-6H2,1-2H3. The molecule has 0 saturated carbocycles. The van der Waals surface area contributed by atoms with E-state index >= 15 is 0 Å². The van der Waals surface area contributed by atoms with E-state index in [1.807, 2.05) is 0 Å². The fraction of sp³-hybridized carbons (Fsp3) is 0.400. The molecule has 0 heterocycles. The van der Waals surface area contributed by atoms with Crippen LogP contribution in [0.3, 0.4) is 0 Å². The molecule has 0 aliphatic carbocycles. The van der Waals surface area contributed by atoms with Crippen LogP contribution in [-0.2, 0) is 9.84 Å². The minimum absolute atomic E-state index is 0.0379. The Morgan fingerprint density at radius 3 is 2.60 bits per heavy atom. The highest BCUT2D eigenvalue weighted by molar-refractivity contribution is 7.90. The summed E-state index contributed by atoms with van der Waals surface area (Å²) in [6, 6.07) is 4.12. The Morgan fingerprint density at radius 1 is 1.40 bits per heavy atom. The Bertz CT molecular complexity index is 440. The van der Waals surface area contributed by atoms with Crippen molar-refractivity contribution in [3.63, 3.8) is 0 Å². The van der Waals surface area contributed by atoms with E-state index in [2.05, 4.69) is 0 Å². The van der Waals surface area contributed by atoms with Gasteiger partial charge in [-0.3, -0.25) is 0 Å². The normalized spacial score (nSPS) is 11.4. The van der Waals surface area contributed by atoms with Gasteiger partial charge in [-0.05, 0) is 30.7 Å². The second-order valence-electron chi connectivity index (χ2n) is 3.39. The van der Waals surface area contributed by atoms with Gasteiger partial charge in [0, 0.05) is 6.26 Å². The zero-order chi connectivity index (χ0) is 11.5. The maximum atomic E-state index is 12.7. The monoisotopic (exact) mass is 232 g/mol. The summed E-state index contributed by atoms with van der Waals surface area (Å²) < 4.78 is 39.6. The highest BCUT2D eigenvalue weighted by Crippen LogP contribution is 2.18. The van der Waals surface area contributed by atoms with Crippen molar-refractivity contribution in [2.75, 3.05) is 18.6 Å². The second kappa shape index (κ2) is 4.61. The van der Waals surface area contributed by atoms with Gasteiger partial charge in [0.15, 0.2) is 9.84 Å². The van der Waals surface area contributed by atoms with Crippen molar-refractivity contribution in [2.24, 2.45) is 0 Å². The zero-order valence-electron chi connectivity index (χ0n) is 8.66. The van der Waals surface area contributed by atoms with Gasteiger partial charge in [-0.2, -0.15) is 0 Å². The first-order valence-corrected chi connectivity index (χ1v) is 6.51. The SMILES string of the molecule is Cc1cc(F)ccc1OCCS(C)(=O)=O. The summed E-state index contributed by atoms with van der Waals surface area (Å²) in [7, 11) is -3.01. The summed E-state index contributed by atoms with van der Waals surface area (Å²) in [5.41, 5.74) is 0.656. The fourth-order valence-corrected chi connectivity index (χ4v) is 1.46. The van der Waals surface area contributed by atoms with Crippen molar-refractivity contribution < 1.29 is 17.5 Å². The van der Waals surface area contributed by atoms with Crippen molar-refractivity contribution in [1.29, 1.82) is 0 Å².